The number of hydrogen-bond donors (Lipinski definition) is 2. The van der Waals surface area contributed by atoms with Gasteiger partial charge in [0.25, 0.3) is 0 Å². The highest BCUT2D eigenvalue weighted by molar-refractivity contribution is 6.30. The van der Waals surface area contributed by atoms with E-state index >= 15 is 0 Å². The van der Waals surface area contributed by atoms with Crippen LogP contribution in [0.25, 0.3) is 0 Å². The summed E-state index contributed by atoms with van der Waals surface area (Å²) < 4.78 is 18.9. The zero-order chi connectivity index (χ0) is 15.9. The molecule has 0 unspecified atom stereocenters. The fourth-order valence-corrected chi connectivity index (χ4v) is 1.77. The van der Waals surface area contributed by atoms with Crippen molar-refractivity contribution in [3.8, 4) is 5.75 Å². The smallest absolute Gasteiger partial charge is 0.332 e. The van der Waals surface area contributed by atoms with Gasteiger partial charge in [-0.15, -0.1) is 0 Å². The lowest BCUT2D eigenvalue weighted by Gasteiger charge is -2.07. The van der Waals surface area contributed by atoms with E-state index < -0.39 is 11.8 Å². The lowest BCUT2D eigenvalue weighted by Crippen LogP contribution is -2.24. The molecule has 3 N–H and O–H groups in total. The number of nitrogens with two attached hydrogens (primary N) is 1. The van der Waals surface area contributed by atoms with E-state index in [0.717, 1.165) is 0 Å². The zero-order valence-corrected chi connectivity index (χ0v) is 12.2. The summed E-state index contributed by atoms with van der Waals surface area (Å²) in [6, 6.07) is 10.8. The van der Waals surface area contributed by atoms with Crippen molar-refractivity contribution in [3.05, 3.63) is 64.4 Å². The molecular weight excluding hydrogens is 309 g/mol. The summed E-state index contributed by atoms with van der Waals surface area (Å²) in [5, 5.41) is 3.73. The van der Waals surface area contributed by atoms with Gasteiger partial charge in [0, 0.05) is 0 Å². The van der Waals surface area contributed by atoms with Crippen LogP contribution in [0.5, 0.6) is 5.75 Å². The van der Waals surface area contributed by atoms with Crippen LogP contribution in [0.15, 0.2) is 47.6 Å². The Labute approximate surface area is 131 Å². The molecule has 0 atom stereocenters. The van der Waals surface area contributed by atoms with Crippen LogP contribution in [0, 0.1) is 5.82 Å². The molecule has 22 heavy (non-hydrogen) atoms. The van der Waals surface area contributed by atoms with Crippen LogP contribution >= 0.6 is 11.6 Å². The van der Waals surface area contributed by atoms with Crippen molar-refractivity contribution in [1.82, 2.24) is 5.43 Å². The Bertz CT molecular complexity index is 707. The third kappa shape index (κ3) is 4.75. The Hall–Kier alpha value is -2.60. The number of carbonyl (C=O) groups excluding carboxylic acids is 1. The van der Waals surface area contributed by atoms with Crippen LogP contribution in [-0.2, 0) is 6.61 Å². The van der Waals surface area contributed by atoms with Crippen LogP contribution in [-0.4, -0.2) is 12.2 Å². The monoisotopic (exact) mass is 321 g/mol. The van der Waals surface area contributed by atoms with Gasteiger partial charge in [-0.25, -0.2) is 14.6 Å². The van der Waals surface area contributed by atoms with Crippen molar-refractivity contribution in [3.63, 3.8) is 0 Å². The SMILES string of the molecule is NC(=O)NN=Cc1cccc(OCc2ccc(Cl)c(F)c2)c1. The highest BCUT2D eigenvalue weighted by Gasteiger charge is 2.02. The normalized spacial score (nSPS) is 10.6. The molecule has 0 bridgehead atoms. The van der Waals surface area contributed by atoms with E-state index in [-0.39, 0.29) is 11.6 Å². The van der Waals surface area contributed by atoms with Gasteiger partial charge in [-0.2, -0.15) is 5.10 Å². The topological polar surface area (TPSA) is 76.7 Å². The molecule has 0 aliphatic rings. The molecule has 0 saturated carbocycles. The minimum Gasteiger partial charge on any atom is -0.489 e. The van der Waals surface area contributed by atoms with Gasteiger partial charge >= 0.3 is 6.03 Å². The molecule has 7 heteroatoms. The molecule has 0 spiro atoms. The number of amides is 2. The maximum Gasteiger partial charge on any atom is 0.332 e. The summed E-state index contributed by atoms with van der Waals surface area (Å²) >= 11 is 5.62. The van der Waals surface area contributed by atoms with Gasteiger partial charge < -0.3 is 10.5 Å². The van der Waals surface area contributed by atoms with Gasteiger partial charge in [0.1, 0.15) is 18.2 Å². The van der Waals surface area contributed by atoms with Crippen molar-refractivity contribution in [2.75, 3.05) is 0 Å². The molecular formula is C15H13ClFN3O2. The largest absolute Gasteiger partial charge is 0.489 e. The Morgan fingerprint density at radius 3 is 2.91 bits per heavy atom. The standard InChI is InChI=1S/C15H13ClFN3O2/c16-13-5-4-11(7-14(13)17)9-22-12-3-1-2-10(6-12)8-19-20-15(18)21/h1-8H,9H2,(H3,18,20,21). The average Bonchev–Trinajstić information content (AvgIpc) is 2.49. The number of nitrogens with zero attached hydrogens (tertiary/aromatic N) is 1. The number of primary amides is 1. The maximum absolute atomic E-state index is 13.3. The number of hydrogen-bond acceptors (Lipinski definition) is 3. The molecule has 2 aromatic carbocycles. The lowest BCUT2D eigenvalue weighted by atomic mass is 10.2. The highest BCUT2D eigenvalue weighted by atomic mass is 35.5. The Kier molecular flexibility index (Phi) is 5.32. The average molecular weight is 322 g/mol. The summed E-state index contributed by atoms with van der Waals surface area (Å²) in [7, 11) is 0. The minimum atomic E-state index is -0.742. The van der Waals surface area contributed by atoms with Gasteiger partial charge in [0.15, 0.2) is 0 Å². The number of ether oxygens (including phenoxy) is 1. The molecule has 5 nitrogen and oxygen atoms in total. The molecule has 2 aromatic rings. The van der Waals surface area contributed by atoms with E-state index in [1.807, 2.05) is 0 Å². The number of carbonyl (C=O) groups is 1. The van der Waals surface area contributed by atoms with Crippen molar-refractivity contribution in [2.24, 2.45) is 10.8 Å². The first-order valence-electron chi connectivity index (χ1n) is 6.30. The molecule has 0 aliphatic heterocycles. The molecule has 0 aromatic heterocycles. The molecule has 0 radical (unpaired) electrons. The van der Waals surface area contributed by atoms with E-state index in [9.17, 15) is 9.18 Å². The molecule has 0 heterocycles. The summed E-state index contributed by atoms with van der Waals surface area (Å²) in [6.07, 6.45) is 1.43. The quantitative estimate of drug-likeness (QED) is 0.656. The number of nitrogens with one attached hydrogen (secondary N) is 1. The van der Waals surface area contributed by atoms with Crippen molar-refractivity contribution in [2.45, 2.75) is 6.61 Å². The van der Waals surface area contributed by atoms with Crippen LogP contribution in [0.4, 0.5) is 9.18 Å². The van der Waals surface area contributed by atoms with Gasteiger partial charge in [0.05, 0.1) is 11.2 Å². The van der Waals surface area contributed by atoms with Crippen molar-refractivity contribution < 1.29 is 13.9 Å². The predicted octanol–water partition coefficient (Wildman–Crippen LogP) is 3.06. The predicted molar refractivity (Wildman–Crippen MR) is 82.5 cm³/mol. The minimum absolute atomic E-state index is 0.0731. The van der Waals surface area contributed by atoms with Crippen molar-refractivity contribution in [1.29, 1.82) is 0 Å². The molecule has 0 aliphatic carbocycles. The Balaban J connectivity index is 1.99. The van der Waals surface area contributed by atoms with Gasteiger partial charge in [0.2, 0.25) is 0 Å². The molecule has 0 fully saturated rings. The number of halogens is 2. The summed E-state index contributed by atoms with van der Waals surface area (Å²) in [4.78, 5) is 10.5. The fraction of sp³-hybridized carbons (Fsp3) is 0.0667. The van der Waals surface area contributed by atoms with E-state index in [1.165, 1.54) is 18.3 Å². The first-order chi connectivity index (χ1) is 10.5. The maximum atomic E-state index is 13.3. The van der Waals surface area contributed by atoms with Gasteiger partial charge in [-0.05, 0) is 35.4 Å². The molecule has 2 amide bonds. The zero-order valence-electron chi connectivity index (χ0n) is 11.4. The molecule has 114 valence electrons. The first-order valence-corrected chi connectivity index (χ1v) is 6.67. The highest BCUT2D eigenvalue weighted by Crippen LogP contribution is 2.18. The number of benzene rings is 2. The van der Waals surface area contributed by atoms with E-state index in [2.05, 4.69) is 10.5 Å². The van der Waals surface area contributed by atoms with E-state index in [4.69, 9.17) is 22.1 Å². The van der Waals surface area contributed by atoms with Gasteiger partial charge in [-0.3, -0.25) is 0 Å². The van der Waals surface area contributed by atoms with Crippen LogP contribution in [0.3, 0.4) is 0 Å². The van der Waals surface area contributed by atoms with E-state index in [1.54, 1.807) is 30.3 Å². The van der Waals surface area contributed by atoms with Crippen molar-refractivity contribution >= 4 is 23.8 Å². The second-order valence-corrected chi connectivity index (χ2v) is 4.75. The Morgan fingerprint density at radius 2 is 2.18 bits per heavy atom. The molecule has 2 rings (SSSR count). The van der Waals surface area contributed by atoms with Crippen LogP contribution < -0.4 is 15.9 Å². The fourth-order valence-electron chi connectivity index (χ4n) is 1.65. The second-order valence-electron chi connectivity index (χ2n) is 4.34. The number of urea groups is 1. The first kappa shape index (κ1) is 15.8. The summed E-state index contributed by atoms with van der Waals surface area (Å²) in [5.74, 6) is 0.0968. The second kappa shape index (κ2) is 7.42. The molecule has 0 saturated heterocycles. The summed E-state index contributed by atoms with van der Waals surface area (Å²) in [5.41, 5.74) is 8.37. The van der Waals surface area contributed by atoms with E-state index in [0.29, 0.717) is 16.9 Å². The van der Waals surface area contributed by atoms with Crippen LogP contribution in [0.2, 0.25) is 5.02 Å². The lowest BCUT2D eigenvalue weighted by molar-refractivity contribution is 0.249. The third-order valence-electron chi connectivity index (χ3n) is 2.64. The summed E-state index contributed by atoms with van der Waals surface area (Å²) in [6.45, 7) is 0.203. The third-order valence-corrected chi connectivity index (χ3v) is 2.94. The van der Waals surface area contributed by atoms with Crippen LogP contribution in [0.1, 0.15) is 11.1 Å². The van der Waals surface area contributed by atoms with Gasteiger partial charge in [-0.1, -0.05) is 29.8 Å². The Morgan fingerprint density at radius 1 is 1.36 bits per heavy atom. The number of hydrazone groups is 1. The number of rotatable bonds is 5.